The highest BCUT2D eigenvalue weighted by Gasteiger charge is 2.07. The molecule has 0 aromatic carbocycles. The molecule has 7 heteroatoms. The lowest BCUT2D eigenvalue weighted by Gasteiger charge is -2.08. The maximum atomic E-state index is 5.93. The molecule has 0 atom stereocenters. The molecule has 3 rings (SSSR count). The summed E-state index contributed by atoms with van der Waals surface area (Å²) in [5.41, 5.74) is 1.04. The van der Waals surface area contributed by atoms with Crippen LogP contribution in [0.3, 0.4) is 0 Å². The number of halogens is 1. The van der Waals surface area contributed by atoms with Crippen molar-refractivity contribution in [3.63, 3.8) is 0 Å². The van der Waals surface area contributed by atoms with Crippen molar-refractivity contribution < 1.29 is 4.74 Å². The van der Waals surface area contributed by atoms with Gasteiger partial charge in [-0.15, -0.1) is 11.3 Å². The van der Waals surface area contributed by atoms with E-state index in [1.807, 2.05) is 30.5 Å². The fourth-order valence-electron chi connectivity index (χ4n) is 1.90. The van der Waals surface area contributed by atoms with E-state index in [1.165, 1.54) is 0 Å². The molecule has 0 aliphatic heterocycles. The van der Waals surface area contributed by atoms with Crippen LogP contribution in [0.4, 0.5) is 5.82 Å². The predicted octanol–water partition coefficient (Wildman–Crippen LogP) is 3.75. The van der Waals surface area contributed by atoms with E-state index < -0.39 is 0 Å². The summed E-state index contributed by atoms with van der Waals surface area (Å²) in [6, 6.07) is 5.81. The van der Waals surface area contributed by atoms with Gasteiger partial charge in [0.15, 0.2) is 0 Å². The highest BCUT2D eigenvalue weighted by atomic mass is 35.5. The van der Waals surface area contributed by atoms with Crippen LogP contribution in [0.2, 0.25) is 5.28 Å². The van der Waals surface area contributed by atoms with Crippen LogP contribution in [0.5, 0.6) is 5.88 Å². The molecule has 0 bridgehead atoms. The summed E-state index contributed by atoms with van der Waals surface area (Å²) in [5, 5.41) is 6.47. The smallest absolute Gasteiger partial charge is 0.225 e. The molecular formula is C14H13ClN4OS. The monoisotopic (exact) mass is 320 g/mol. The van der Waals surface area contributed by atoms with Crippen LogP contribution in [0.15, 0.2) is 29.8 Å². The Morgan fingerprint density at radius 3 is 2.95 bits per heavy atom. The molecule has 5 nitrogen and oxygen atoms in total. The molecular weight excluding hydrogens is 308 g/mol. The Balaban J connectivity index is 1.75. The first kappa shape index (κ1) is 14.0. The third-order valence-electron chi connectivity index (χ3n) is 2.85. The maximum Gasteiger partial charge on any atom is 0.225 e. The standard InChI is InChI=1S/C14H13ClN4OS/c1-2-20-11-4-3-9(7-16-11)8-17-12-10-5-6-21-13(10)19-14(15)18-12/h3-7H,2,8H2,1H3,(H,17,18,19). The number of aromatic nitrogens is 3. The van der Waals surface area contributed by atoms with Crippen molar-refractivity contribution in [1.82, 2.24) is 15.0 Å². The van der Waals surface area contributed by atoms with Crippen molar-refractivity contribution in [3.8, 4) is 5.88 Å². The molecule has 21 heavy (non-hydrogen) atoms. The molecule has 0 saturated heterocycles. The van der Waals surface area contributed by atoms with Crippen LogP contribution in [0.1, 0.15) is 12.5 Å². The number of ether oxygens (including phenoxy) is 1. The van der Waals surface area contributed by atoms with Gasteiger partial charge < -0.3 is 10.1 Å². The van der Waals surface area contributed by atoms with Crippen molar-refractivity contribution in [2.75, 3.05) is 11.9 Å². The summed E-state index contributed by atoms with van der Waals surface area (Å²) >= 11 is 7.47. The molecule has 3 aromatic rings. The average molecular weight is 321 g/mol. The topological polar surface area (TPSA) is 59.9 Å². The fourth-order valence-corrected chi connectivity index (χ4v) is 2.88. The second-order valence-electron chi connectivity index (χ2n) is 4.27. The lowest BCUT2D eigenvalue weighted by atomic mass is 10.3. The first-order valence-electron chi connectivity index (χ1n) is 6.48. The second-order valence-corrected chi connectivity index (χ2v) is 5.50. The molecule has 0 unspecified atom stereocenters. The van der Waals surface area contributed by atoms with Crippen LogP contribution in [0, 0.1) is 0 Å². The van der Waals surface area contributed by atoms with E-state index >= 15 is 0 Å². The zero-order valence-electron chi connectivity index (χ0n) is 11.3. The minimum absolute atomic E-state index is 0.247. The number of pyridine rings is 1. The van der Waals surface area contributed by atoms with Gasteiger partial charge in [-0.1, -0.05) is 6.07 Å². The lowest BCUT2D eigenvalue weighted by Crippen LogP contribution is -2.03. The summed E-state index contributed by atoms with van der Waals surface area (Å²) < 4.78 is 5.32. The average Bonchev–Trinajstić information content (AvgIpc) is 2.94. The molecule has 3 heterocycles. The Bertz CT molecular complexity index is 744. The Kier molecular flexibility index (Phi) is 4.17. The number of hydrogen-bond donors (Lipinski definition) is 1. The van der Waals surface area contributed by atoms with Crippen LogP contribution in [-0.2, 0) is 6.54 Å². The molecule has 0 amide bonds. The van der Waals surface area contributed by atoms with Gasteiger partial charge in [-0.05, 0) is 35.5 Å². The van der Waals surface area contributed by atoms with Gasteiger partial charge in [-0.25, -0.2) is 15.0 Å². The SMILES string of the molecule is CCOc1ccc(CNc2nc(Cl)nc3sccc23)cn1. The molecule has 0 fully saturated rings. The largest absolute Gasteiger partial charge is 0.478 e. The van der Waals surface area contributed by atoms with Crippen LogP contribution < -0.4 is 10.1 Å². The molecule has 3 aromatic heterocycles. The van der Waals surface area contributed by atoms with Gasteiger partial charge >= 0.3 is 0 Å². The zero-order chi connectivity index (χ0) is 14.7. The van der Waals surface area contributed by atoms with E-state index in [0.29, 0.717) is 19.0 Å². The van der Waals surface area contributed by atoms with Gasteiger partial charge in [0.05, 0.1) is 12.0 Å². The Morgan fingerprint density at radius 2 is 2.19 bits per heavy atom. The summed E-state index contributed by atoms with van der Waals surface area (Å²) in [5.74, 6) is 1.37. The van der Waals surface area contributed by atoms with E-state index in [1.54, 1.807) is 17.5 Å². The minimum atomic E-state index is 0.247. The molecule has 0 radical (unpaired) electrons. The first-order valence-corrected chi connectivity index (χ1v) is 7.74. The Morgan fingerprint density at radius 1 is 1.29 bits per heavy atom. The lowest BCUT2D eigenvalue weighted by molar-refractivity contribution is 0.326. The van der Waals surface area contributed by atoms with Crippen molar-refractivity contribution in [2.45, 2.75) is 13.5 Å². The molecule has 0 aliphatic rings. The summed E-state index contributed by atoms with van der Waals surface area (Å²) in [6.07, 6.45) is 1.78. The van der Waals surface area contributed by atoms with Gasteiger partial charge in [-0.2, -0.15) is 0 Å². The normalized spacial score (nSPS) is 10.8. The van der Waals surface area contributed by atoms with E-state index in [0.717, 1.165) is 21.6 Å². The van der Waals surface area contributed by atoms with Crippen molar-refractivity contribution >= 4 is 39.0 Å². The van der Waals surface area contributed by atoms with Crippen molar-refractivity contribution in [1.29, 1.82) is 0 Å². The van der Waals surface area contributed by atoms with Crippen LogP contribution >= 0.6 is 22.9 Å². The second kappa shape index (κ2) is 6.24. The summed E-state index contributed by atoms with van der Waals surface area (Å²) in [7, 11) is 0. The molecule has 1 N–H and O–H groups in total. The minimum Gasteiger partial charge on any atom is -0.478 e. The maximum absolute atomic E-state index is 5.93. The number of rotatable bonds is 5. The third-order valence-corrected chi connectivity index (χ3v) is 3.82. The number of anilines is 1. The van der Waals surface area contributed by atoms with E-state index in [4.69, 9.17) is 16.3 Å². The first-order chi connectivity index (χ1) is 10.3. The molecule has 0 aliphatic carbocycles. The highest BCUT2D eigenvalue weighted by molar-refractivity contribution is 7.16. The van der Waals surface area contributed by atoms with Gasteiger partial charge in [0.1, 0.15) is 10.6 Å². The van der Waals surface area contributed by atoms with E-state index in [-0.39, 0.29) is 5.28 Å². The number of hydrogen-bond acceptors (Lipinski definition) is 6. The number of nitrogens with zero attached hydrogens (tertiary/aromatic N) is 3. The quantitative estimate of drug-likeness (QED) is 0.725. The number of fused-ring (bicyclic) bond motifs is 1. The highest BCUT2D eigenvalue weighted by Crippen LogP contribution is 2.26. The van der Waals surface area contributed by atoms with Gasteiger partial charge in [0.2, 0.25) is 11.2 Å². The molecule has 0 spiro atoms. The van der Waals surface area contributed by atoms with Crippen LogP contribution in [-0.4, -0.2) is 21.6 Å². The van der Waals surface area contributed by atoms with Gasteiger partial charge in [0, 0.05) is 18.8 Å². The van der Waals surface area contributed by atoms with Gasteiger partial charge in [-0.3, -0.25) is 0 Å². The fraction of sp³-hybridized carbons (Fsp3) is 0.214. The van der Waals surface area contributed by atoms with Crippen molar-refractivity contribution in [2.24, 2.45) is 0 Å². The summed E-state index contributed by atoms with van der Waals surface area (Å²) in [6.45, 7) is 3.15. The number of thiophene rings is 1. The predicted molar refractivity (Wildman–Crippen MR) is 85.2 cm³/mol. The van der Waals surface area contributed by atoms with E-state index in [2.05, 4.69) is 20.3 Å². The number of nitrogens with one attached hydrogen (secondary N) is 1. The molecule has 108 valence electrons. The summed E-state index contributed by atoms with van der Waals surface area (Å²) in [4.78, 5) is 13.5. The van der Waals surface area contributed by atoms with E-state index in [9.17, 15) is 0 Å². The van der Waals surface area contributed by atoms with Crippen LogP contribution in [0.25, 0.3) is 10.2 Å². The van der Waals surface area contributed by atoms with Crippen molar-refractivity contribution in [3.05, 3.63) is 40.6 Å². The third kappa shape index (κ3) is 3.22. The molecule has 0 saturated carbocycles. The Hall–Kier alpha value is -1.92. The Labute approximate surface area is 131 Å². The zero-order valence-corrected chi connectivity index (χ0v) is 12.9. The van der Waals surface area contributed by atoms with Gasteiger partial charge in [0.25, 0.3) is 0 Å².